The van der Waals surface area contributed by atoms with Crippen molar-refractivity contribution in [2.24, 2.45) is 0 Å². The van der Waals surface area contributed by atoms with Crippen LogP contribution in [0, 0.1) is 5.82 Å². The van der Waals surface area contributed by atoms with Crippen LogP contribution in [0.15, 0.2) is 9.59 Å². The Morgan fingerprint density at radius 3 is 2.91 bits per heavy atom. The van der Waals surface area contributed by atoms with Gasteiger partial charge in [-0.05, 0) is 0 Å². The van der Waals surface area contributed by atoms with Crippen LogP contribution in [0.3, 0.4) is 0 Å². The SMILES string of the molecule is O=c1c(F)c2n3c(=O)n1OP(=O)(OOC[C@H]1O[C@@H]3C[C@@H]1O)O2. The van der Waals surface area contributed by atoms with E-state index in [-0.39, 0.29) is 17.8 Å². The summed E-state index contributed by atoms with van der Waals surface area (Å²) in [6.45, 7) is -0.341. The summed E-state index contributed by atoms with van der Waals surface area (Å²) in [7, 11) is -4.61. The Morgan fingerprint density at radius 1 is 1.36 bits per heavy atom. The van der Waals surface area contributed by atoms with Crippen molar-refractivity contribution in [3.05, 3.63) is 26.7 Å². The maximum atomic E-state index is 14.1. The van der Waals surface area contributed by atoms with Gasteiger partial charge in [0, 0.05) is 6.42 Å². The lowest BCUT2D eigenvalue weighted by molar-refractivity contribution is -0.247. The molecule has 0 radical (unpaired) electrons. The summed E-state index contributed by atoms with van der Waals surface area (Å²) in [6, 6.07) is 0. The van der Waals surface area contributed by atoms with Gasteiger partial charge < -0.3 is 14.4 Å². The van der Waals surface area contributed by atoms with Gasteiger partial charge in [-0.3, -0.25) is 9.42 Å². The molecule has 1 aromatic heterocycles. The van der Waals surface area contributed by atoms with Crippen LogP contribution in [-0.2, 0) is 18.9 Å². The maximum absolute atomic E-state index is 14.1. The average Bonchev–Trinajstić information content (AvgIpc) is 2.71. The number of aliphatic hydroxyl groups excluding tert-OH is 1. The van der Waals surface area contributed by atoms with Gasteiger partial charge in [0.1, 0.15) is 18.9 Å². The summed E-state index contributed by atoms with van der Waals surface area (Å²) in [5.74, 6) is -2.47. The van der Waals surface area contributed by atoms with Crippen molar-refractivity contribution >= 4 is 7.82 Å². The maximum Gasteiger partial charge on any atom is 0.636 e. The minimum Gasteiger partial charge on any atom is -0.390 e. The summed E-state index contributed by atoms with van der Waals surface area (Å²) in [4.78, 5) is 28.5. The molecule has 120 valence electrons. The van der Waals surface area contributed by atoms with E-state index in [1.54, 1.807) is 0 Å². The minimum atomic E-state index is -4.61. The van der Waals surface area contributed by atoms with Gasteiger partial charge in [-0.15, -0.1) is 4.67 Å². The molecule has 5 heterocycles. The molecule has 11 nitrogen and oxygen atoms in total. The number of halogens is 1. The number of hydrogen-bond acceptors (Lipinski definition) is 9. The molecule has 22 heavy (non-hydrogen) atoms. The van der Waals surface area contributed by atoms with Crippen molar-refractivity contribution in [2.75, 3.05) is 6.61 Å². The van der Waals surface area contributed by atoms with Crippen molar-refractivity contribution in [1.29, 1.82) is 0 Å². The lowest BCUT2D eigenvalue weighted by Crippen LogP contribution is -2.43. The van der Waals surface area contributed by atoms with E-state index < -0.39 is 49.2 Å². The van der Waals surface area contributed by atoms with E-state index in [9.17, 15) is 23.7 Å². The zero-order valence-corrected chi connectivity index (χ0v) is 11.5. The van der Waals surface area contributed by atoms with Gasteiger partial charge in [0.15, 0.2) is 0 Å². The van der Waals surface area contributed by atoms with Crippen LogP contribution in [0.2, 0.25) is 0 Å². The molecule has 4 aliphatic heterocycles. The first-order valence-corrected chi connectivity index (χ1v) is 7.57. The number of ether oxygens (including phenoxy) is 1. The Kier molecular flexibility index (Phi) is 2.78. The van der Waals surface area contributed by atoms with Gasteiger partial charge in [0.25, 0.3) is 11.7 Å². The number of nitrogens with zero attached hydrogens (tertiary/aromatic N) is 2. The van der Waals surface area contributed by atoms with Crippen molar-refractivity contribution < 1.29 is 37.5 Å². The Labute approximate surface area is 119 Å². The topological polar surface area (TPSA) is 127 Å². The van der Waals surface area contributed by atoms with Gasteiger partial charge in [-0.2, -0.15) is 4.39 Å². The molecule has 0 saturated carbocycles. The molecule has 0 aliphatic carbocycles. The summed E-state index contributed by atoms with van der Waals surface area (Å²) >= 11 is 0. The van der Waals surface area contributed by atoms with E-state index in [0.717, 1.165) is 0 Å². The Hall–Kier alpha value is -1.72. The Balaban J connectivity index is 2.02. The molecule has 5 rings (SSSR count). The highest BCUT2D eigenvalue weighted by molar-refractivity contribution is 7.49. The van der Waals surface area contributed by atoms with Gasteiger partial charge in [-0.1, -0.05) is 4.73 Å². The quantitative estimate of drug-likeness (QED) is 0.453. The largest absolute Gasteiger partial charge is 0.636 e. The van der Waals surface area contributed by atoms with Gasteiger partial charge >= 0.3 is 19.1 Å². The third kappa shape index (κ3) is 1.79. The highest BCUT2D eigenvalue weighted by Gasteiger charge is 2.48. The van der Waals surface area contributed by atoms with Crippen LogP contribution in [0.1, 0.15) is 12.6 Å². The van der Waals surface area contributed by atoms with E-state index in [2.05, 4.69) is 14.2 Å². The Bertz CT molecular complexity index is 819. The second-order valence-corrected chi connectivity index (χ2v) is 6.17. The van der Waals surface area contributed by atoms with Crippen LogP contribution in [-0.4, -0.2) is 33.2 Å². The zero-order valence-electron chi connectivity index (χ0n) is 10.6. The van der Waals surface area contributed by atoms with Crippen LogP contribution >= 0.6 is 7.82 Å². The molecule has 0 amide bonds. The fourth-order valence-electron chi connectivity index (χ4n) is 2.40. The first-order valence-electron chi connectivity index (χ1n) is 6.11. The molecule has 0 spiro atoms. The van der Waals surface area contributed by atoms with Crippen molar-refractivity contribution in [1.82, 2.24) is 9.30 Å². The molecule has 1 unspecified atom stereocenters. The predicted octanol–water partition coefficient (Wildman–Crippen LogP) is -1.31. The molecule has 1 saturated heterocycles. The minimum absolute atomic E-state index is 0.0929. The second kappa shape index (κ2) is 4.40. The predicted molar refractivity (Wildman–Crippen MR) is 61.3 cm³/mol. The lowest BCUT2D eigenvalue weighted by Gasteiger charge is -2.19. The van der Waals surface area contributed by atoms with Gasteiger partial charge in [-0.25, -0.2) is 18.8 Å². The highest BCUT2D eigenvalue weighted by atomic mass is 31.2. The third-order valence-corrected chi connectivity index (χ3v) is 4.45. The van der Waals surface area contributed by atoms with E-state index in [4.69, 9.17) is 9.26 Å². The van der Waals surface area contributed by atoms with Crippen LogP contribution in [0.4, 0.5) is 4.39 Å². The number of rotatable bonds is 0. The van der Waals surface area contributed by atoms with E-state index in [1.165, 1.54) is 0 Å². The fourth-order valence-corrected chi connectivity index (χ4v) is 3.41. The number of fused-ring (bicyclic) bond motifs is 3. The average molecular weight is 338 g/mol. The normalized spacial score (nSPS) is 35.8. The molecule has 1 fully saturated rings. The number of aromatic nitrogens is 2. The molecule has 13 heteroatoms. The number of aliphatic hydroxyl groups is 1. The summed E-state index contributed by atoms with van der Waals surface area (Å²) in [6.07, 6.45) is -3.21. The number of phosphoric acid groups is 1. The van der Waals surface area contributed by atoms with E-state index in [0.29, 0.717) is 4.57 Å². The molecular weight excluding hydrogens is 330 g/mol. The first-order chi connectivity index (χ1) is 10.4. The summed E-state index contributed by atoms with van der Waals surface area (Å²) in [5.41, 5.74) is -2.67. The number of hydrogen-bond donors (Lipinski definition) is 1. The van der Waals surface area contributed by atoms with E-state index in [1.807, 2.05) is 0 Å². The molecule has 1 N–H and O–H groups in total. The first kappa shape index (κ1) is 13.9. The molecule has 1 aromatic rings. The smallest absolute Gasteiger partial charge is 0.390 e. The molecule has 4 atom stereocenters. The molecule has 6 bridgehead atoms. The molecule has 4 aliphatic rings. The Morgan fingerprint density at radius 2 is 2.14 bits per heavy atom. The summed E-state index contributed by atoms with van der Waals surface area (Å²) in [5, 5.41) is 9.84. The third-order valence-electron chi connectivity index (χ3n) is 3.41. The van der Waals surface area contributed by atoms with E-state index >= 15 is 0 Å². The van der Waals surface area contributed by atoms with Crippen molar-refractivity contribution in [2.45, 2.75) is 24.9 Å². The van der Waals surface area contributed by atoms with Crippen LogP contribution < -0.4 is 20.4 Å². The van der Waals surface area contributed by atoms with Crippen LogP contribution in [0.25, 0.3) is 0 Å². The molecule has 0 aromatic carbocycles. The highest BCUT2D eigenvalue weighted by Crippen LogP contribution is 2.49. The van der Waals surface area contributed by atoms with Crippen LogP contribution in [0.5, 0.6) is 5.88 Å². The van der Waals surface area contributed by atoms with Gasteiger partial charge in [0.05, 0.1) is 6.10 Å². The van der Waals surface area contributed by atoms with Gasteiger partial charge in [0.2, 0.25) is 0 Å². The van der Waals surface area contributed by atoms with Crippen molar-refractivity contribution in [3.63, 3.8) is 0 Å². The molecular formula is C9H8FN2O9P. The fraction of sp³-hybridized carbons (Fsp3) is 0.556. The van der Waals surface area contributed by atoms with Crippen molar-refractivity contribution in [3.8, 4) is 5.88 Å². The lowest BCUT2D eigenvalue weighted by atomic mass is 10.2. The zero-order chi connectivity index (χ0) is 15.6. The second-order valence-electron chi connectivity index (χ2n) is 4.78. The monoisotopic (exact) mass is 338 g/mol. The standard InChI is InChI=1S/C9H8FN2O9P/c10-6-7(14)12-9(15)11-5-1-3(13)4(18-5)2-17-21-22(16,20-12)19-8(6)11/h3-5,13H,1-2H2/t3-,4+,5+,22?/m0/s1. The summed E-state index contributed by atoms with van der Waals surface area (Å²) < 4.78 is 45.9.